The minimum atomic E-state index is -1.29. The van der Waals surface area contributed by atoms with Gasteiger partial charge < -0.3 is 62.5 Å². The Morgan fingerprint density at radius 3 is 2.34 bits per heavy atom. The van der Waals surface area contributed by atoms with Gasteiger partial charge in [0, 0.05) is 25.0 Å². The van der Waals surface area contributed by atoms with E-state index in [1.807, 2.05) is 6.92 Å². The molecular weight excluding hydrogens is 469 g/mol. The second-order valence-electron chi connectivity index (χ2n) is 9.07. The number of amides is 1. The number of carbonyl (C=O) groups is 1. The number of alkyl halides is 1. The number of halogens is 1. The van der Waals surface area contributed by atoms with E-state index in [1.54, 1.807) is 0 Å². The van der Waals surface area contributed by atoms with Gasteiger partial charge in [-0.1, -0.05) is 6.92 Å². The number of nitrogens with two attached hydrogens (primary N) is 4. The molecule has 0 radical (unpaired) electrons. The summed E-state index contributed by atoms with van der Waals surface area (Å²) in [6.07, 6.45) is -5.11. The molecule has 0 spiro atoms. The van der Waals surface area contributed by atoms with Crippen LogP contribution in [0.1, 0.15) is 32.6 Å². The van der Waals surface area contributed by atoms with Crippen LogP contribution in [0.4, 0.5) is 4.39 Å². The van der Waals surface area contributed by atoms with E-state index < -0.39 is 61.7 Å². The van der Waals surface area contributed by atoms with Crippen molar-refractivity contribution in [2.24, 2.45) is 22.9 Å². The van der Waals surface area contributed by atoms with Crippen LogP contribution in [0.3, 0.4) is 0 Å². The molecule has 206 valence electrons. The number of aliphatic hydroxyl groups is 3. The van der Waals surface area contributed by atoms with E-state index >= 15 is 0 Å². The van der Waals surface area contributed by atoms with Gasteiger partial charge in [0.2, 0.25) is 0 Å². The van der Waals surface area contributed by atoms with Gasteiger partial charge in [-0.15, -0.1) is 0 Å². The van der Waals surface area contributed by atoms with E-state index in [2.05, 4.69) is 5.32 Å². The SMILES string of the molecule is CCN.NC[C@@H]1O[C@H](O[C@H]2CC(OC3CC(N)CC(NC(=O)CF)C3)OC2CO)[C@H](N)C(O)[C@@H]1O. The molecule has 1 amide bonds. The summed E-state index contributed by atoms with van der Waals surface area (Å²) < 4.78 is 35.8. The first kappa shape index (κ1) is 30.2. The fourth-order valence-electron chi connectivity index (χ4n) is 4.53. The van der Waals surface area contributed by atoms with Crippen molar-refractivity contribution < 1.29 is 43.5 Å². The zero-order valence-electron chi connectivity index (χ0n) is 20.1. The molecule has 14 heteroatoms. The molecule has 13 nitrogen and oxygen atoms in total. The standard InChI is InChI=1S/C19H35FN4O8.C2H7N/c20-5-14(26)24-9-1-8(22)2-10(3-9)29-15-4-11(13(7-25)30-15)31-19-16(23)18(28)17(27)12(6-21)32-19;1-2-3/h8-13,15-19,25,27-28H,1-7,21-23H2,(H,24,26);2-3H2,1H3/t8?,9?,10?,11-,12-,13?,15?,16+,17+,18?,19-;/m0./s1. The van der Waals surface area contributed by atoms with Crippen molar-refractivity contribution in [2.45, 2.75) is 99.9 Å². The van der Waals surface area contributed by atoms with Crippen LogP contribution >= 0.6 is 0 Å². The molecule has 35 heavy (non-hydrogen) atoms. The molecule has 3 aliphatic rings. The molecule has 0 bridgehead atoms. The third-order valence-corrected chi connectivity index (χ3v) is 6.17. The second-order valence-corrected chi connectivity index (χ2v) is 9.07. The lowest BCUT2D eigenvalue weighted by atomic mass is 9.89. The van der Waals surface area contributed by atoms with Gasteiger partial charge in [-0.3, -0.25) is 4.79 Å². The Kier molecular flexibility index (Phi) is 12.6. The summed E-state index contributed by atoms with van der Waals surface area (Å²) in [5.74, 6) is -0.694. The molecule has 1 aliphatic carbocycles. The van der Waals surface area contributed by atoms with E-state index in [1.165, 1.54) is 0 Å². The van der Waals surface area contributed by atoms with Crippen LogP contribution in [-0.2, 0) is 23.7 Å². The van der Waals surface area contributed by atoms with Crippen LogP contribution in [0, 0.1) is 0 Å². The lowest BCUT2D eigenvalue weighted by molar-refractivity contribution is -0.274. The Morgan fingerprint density at radius 2 is 1.74 bits per heavy atom. The van der Waals surface area contributed by atoms with Crippen LogP contribution in [0.5, 0.6) is 0 Å². The minimum Gasteiger partial charge on any atom is -0.394 e. The number of carbonyl (C=O) groups excluding carboxylic acids is 1. The van der Waals surface area contributed by atoms with E-state index in [4.69, 9.17) is 41.9 Å². The molecule has 6 unspecified atom stereocenters. The number of ether oxygens (including phenoxy) is 4. The largest absolute Gasteiger partial charge is 0.394 e. The molecule has 2 heterocycles. The smallest absolute Gasteiger partial charge is 0.251 e. The number of hydrogen-bond acceptors (Lipinski definition) is 12. The highest BCUT2D eigenvalue weighted by atomic mass is 19.1. The molecule has 0 aromatic heterocycles. The summed E-state index contributed by atoms with van der Waals surface area (Å²) in [6.45, 7) is 1.17. The summed E-state index contributed by atoms with van der Waals surface area (Å²) in [5, 5.41) is 32.4. The van der Waals surface area contributed by atoms with Gasteiger partial charge in [0.1, 0.15) is 24.4 Å². The number of hydrogen-bond donors (Lipinski definition) is 8. The molecule has 0 aromatic carbocycles. The first-order valence-corrected chi connectivity index (χ1v) is 12.0. The van der Waals surface area contributed by atoms with Crippen LogP contribution < -0.4 is 28.3 Å². The molecule has 11 atom stereocenters. The van der Waals surface area contributed by atoms with Gasteiger partial charge >= 0.3 is 0 Å². The van der Waals surface area contributed by atoms with Crippen LogP contribution in [0.15, 0.2) is 0 Å². The van der Waals surface area contributed by atoms with Gasteiger partial charge in [0.05, 0.1) is 24.9 Å². The molecule has 12 N–H and O–H groups in total. The molecule has 3 rings (SSSR count). The lowest BCUT2D eigenvalue weighted by Gasteiger charge is -2.41. The summed E-state index contributed by atoms with van der Waals surface area (Å²) >= 11 is 0. The van der Waals surface area contributed by atoms with E-state index in [0.717, 1.165) is 6.54 Å². The molecule has 0 aromatic rings. The molecule has 2 aliphatic heterocycles. The summed E-state index contributed by atoms with van der Waals surface area (Å²) in [7, 11) is 0. The molecule has 2 saturated heterocycles. The molecule has 1 saturated carbocycles. The lowest BCUT2D eigenvalue weighted by Crippen LogP contribution is -2.63. The first-order chi connectivity index (χ1) is 16.7. The zero-order valence-corrected chi connectivity index (χ0v) is 20.1. The quantitative estimate of drug-likeness (QED) is 0.159. The van der Waals surface area contributed by atoms with Gasteiger partial charge in [0.15, 0.2) is 19.3 Å². The summed E-state index contributed by atoms with van der Waals surface area (Å²) in [5.41, 5.74) is 22.4. The Labute approximate surface area is 204 Å². The van der Waals surface area contributed by atoms with Crippen molar-refractivity contribution in [3.8, 4) is 0 Å². The predicted octanol–water partition coefficient (Wildman–Crippen LogP) is -3.47. The third-order valence-electron chi connectivity index (χ3n) is 6.17. The fraction of sp³-hybridized carbons (Fsp3) is 0.952. The Hall–Kier alpha value is -1.04. The van der Waals surface area contributed by atoms with Crippen molar-refractivity contribution in [1.29, 1.82) is 0 Å². The Bertz CT molecular complexity index is 639. The van der Waals surface area contributed by atoms with Crippen LogP contribution in [-0.4, -0.2) is 115 Å². The minimum absolute atomic E-state index is 0.0385. The average Bonchev–Trinajstić information content (AvgIpc) is 3.20. The maximum Gasteiger partial charge on any atom is 0.251 e. The molecular formula is C21H42FN5O8. The van der Waals surface area contributed by atoms with Crippen molar-refractivity contribution in [3.63, 3.8) is 0 Å². The van der Waals surface area contributed by atoms with Gasteiger partial charge in [-0.2, -0.15) is 0 Å². The molecule has 3 fully saturated rings. The highest BCUT2D eigenvalue weighted by Crippen LogP contribution is 2.31. The zero-order chi connectivity index (χ0) is 26.1. The maximum absolute atomic E-state index is 12.5. The average molecular weight is 512 g/mol. The fourth-order valence-corrected chi connectivity index (χ4v) is 4.53. The topological polar surface area (TPSA) is 231 Å². The van der Waals surface area contributed by atoms with E-state index in [9.17, 15) is 24.5 Å². The third kappa shape index (κ3) is 8.50. The van der Waals surface area contributed by atoms with E-state index in [0.29, 0.717) is 19.3 Å². The van der Waals surface area contributed by atoms with Gasteiger partial charge in [-0.05, 0) is 25.8 Å². The second kappa shape index (κ2) is 14.6. The highest BCUT2D eigenvalue weighted by molar-refractivity contribution is 5.77. The highest BCUT2D eigenvalue weighted by Gasteiger charge is 2.46. The number of aliphatic hydroxyl groups excluding tert-OH is 3. The van der Waals surface area contributed by atoms with Crippen LogP contribution in [0.25, 0.3) is 0 Å². The summed E-state index contributed by atoms with van der Waals surface area (Å²) in [6, 6.07) is -1.55. The number of rotatable bonds is 8. The Morgan fingerprint density at radius 1 is 1.06 bits per heavy atom. The van der Waals surface area contributed by atoms with E-state index in [-0.39, 0.29) is 37.8 Å². The van der Waals surface area contributed by atoms with Crippen LogP contribution in [0.2, 0.25) is 0 Å². The van der Waals surface area contributed by atoms with Gasteiger partial charge in [-0.25, -0.2) is 4.39 Å². The monoisotopic (exact) mass is 511 g/mol. The Balaban J connectivity index is 0.00000137. The maximum atomic E-state index is 12.5. The first-order valence-electron chi connectivity index (χ1n) is 12.0. The summed E-state index contributed by atoms with van der Waals surface area (Å²) in [4.78, 5) is 11.4. The van der Waals surface area contributed by atoms with Crippen molar-refractivity contribution >= 4 is 5.91 Å². The van der Waals surface area contributed by atoms with Crippen molar-refractivity contribution in [3.05, 3.63) is 0 Å². The number of nitrogens with one attached hydrogen (secondary N) is 1. The predicted molar refractivity (Wildman–Crippen MR) is 122 cm³/mol. The normalized spacial score (nSPS) is 41.7. The van der Waals surface area contributed by atoms with Gasteiger partial charge in [0.25, 0.3) is 5.91 Å². The van der Waals surface area contributed by atoms with Crippen molar-refractivity contribution in [2.75, 3.05) is 26.4 Å². The van der Waals surface area contributed by atoms with Crippen molar-refractivity contribution in [1.82, 2.24) is 5.32 Å².